The van der Waals surface area contributed by atoms with E-state index in [9.17, 15) is 14.7 Å². The number of carbonyl (C=O) groups excluding carboxylic acids is 2. The highest BCUT2D eigenvalue weighted by atomic mass is 19.2. The third kappa shape index (κ3) is 7.55. The molecule has 4 aromatic rings. The molecule has 2 amide bonds. The van der Waals surface area contributed by atoms with Crippen molar-refractivity contribution < 1.29 is 23.9 Å². The number of nitrogens with zero attached hydrogens (tertiary/aromatic N) is 3. The Morgan fingerprint density at radius 1 is 0.804 bits per heavy atom. The molecule has 4 aromatic carbocycles. The number of nitrogens with one attached hydrogen (secondary N) is 1. The number of fused-ring (bicyclic) bond motifs is 1. The summed E-state index contributed by atoms with van der Waals surface area (Å²) in [4.78, 5) is 28.7. The fourth-order valence-electron chi connectivity index (χ4n) is 10.5. The highest BCUT2D eigenvalue weighted by Crippen LogP contribution is 2.47. The predicted molar refractivity (Wildman–Crippen MR) is 217 cm³/mol. The molecule has 0 unspecified atom stereocenters. The molecule has 292 valence electrons. The lowest BCUT2D eigenvalue weighted by Crippen LogP contribution is -2.50. The van der Waals surface area contributed by atoms with E-state index in [2.05, 4.69) is 75.8 Å². The number of hydrogen-bond donors (Lipinski definition) is 2. The van der Waals surface area contributed by atoms with Crippen LogP contribution in [0.4, 0.5) is 15.9 Å². The van der Waals surface area contributed by atoms with Gasteiger partial charge in [-0.3, -0.25) is 14.9 Å². The maximum Gasteiger partial charge on any atom is 0.252 e. The van der Waals surface area contributed by atoms with Gasteiger partial charge in [0.05, 0.1) is 17.9 Å². The number of phenols is 1. The maximum atomic E-state index is 15.1. The molecule has 9 heteroatoms. The summed E-state index contributed by atoms with van der Waals surface area (Å²) in [6.45, 7) is 6.02. The van der Waals surface area contributed by atoms with Crippen LogP contribution in [0.1, 0.15) is 96.9 Å². The second-order valence-corrected chi connectivity index (χ2v) is 17.0. The van der Waals surface area contributed by atoms with Gasteiger partial charge < -0.3 is 19.6 Å². The molecule has 9 rings (SSSR count). The van der Waals surface area contributed by atoms with Crippen LogP contribution >= 0.6 is 0 Å². The van der Waals surface area contributed by atoms with Crippen LogP contribution in [0.15, 0.2) is 97.1 Å². The standard InChI is InChI=1S/C47H53FN4O4/c48-52(43-18-19-44(54)49-46(43)55)39-13-6-33(7-14-39)34-20-24-50(25-21-34)30-32-29-47(56-31-32)22-26-51(27-23-47)38-11-8-36(9-12-38)45-41(35-4-2-1-3-5-35)16-10-37-28-40(53)15-17-42(37)45/h1-9,11-15,17,28,32,34,41,43,45,53H,10,16,18-27,29-31H2,(H,49,54,55)/t32-,41+,43+,45-/m0/s1. The van der Waals surface area contributed by atoms with Crippen LogP contribution in [-0.4, -0.2) is 72.8 Å². The average molecular weight is 757 g/mol. The first kappa shape index (κ1) is 36.9. The van der Waals surface area contributed by atoms with Crippen LogP contribution < -0.4 is 15.3 Å². The molecule has 4 heterocycles. The van der Waals surface area contributed by atoms with Crippen molar-refractivity contribution >= 4 is 23.2 Å². The third-order valence-corrected chi connectivity index (χ3v) is 13.6. The number of piperidine rings is 3. The smallest absolute Gasteiger partial charge is 0.252 e. The Hall–Kier alpha value is -4.73. The van der Waals surface area contributed by atoms with Crippen molar-refractivity contribution in [1.82, 2.24) is 10.2 Å². The van der Waals surface area contributed by atoms with E-state index in [0.29, 0.717) is 34.3 Å². The number of anilines is 2. The lowest BCUT2D eigenvalue weighted by molar-refractivity contribution is -0.134. The molecular formula is C47H53FN4O4. The number of carbonyl (C=O) groups is 2. The van der Waals surface area contributed by atoms with Crippen molar-refractivity contribution in [3.05, 3.63) is 125 Å². The van der Waals surface area contributed by atoms with E-state index in [-0.39, 0.29) is 30.3 Å². The molecule has 0 radical (unpaired) electrons. The highest BCUT2D eigenvalue weighted by molar-refractivity contribution is 6.01. The van der Waals surface area contributed by atoms with Gasteiger partial charge in [-0.1, -0.05) is 65.1 Å². The van der Waals surface area contributed by atoms with Gasteiger partial charge in [-0.05, 0) is 146 Å². The summed E-state index contributed by atoms with van der Waals surface area (Å²) in [7, 11) is 0. The summed E-state index contributed by atoms with van der Waals surface area (Å²) >= 11 is 0. The zero-order valence-corrected chi connectivity index (χ0v) is 32.1. The summed E-state index contributed by atoms with van der Waals surface area (Å²) in [5.74, 6) is 1.07. The monoisotopic (exact) mass is 756 g/mol. The molecule has 2 N–H and O–H groups in total. The number of phenolic OH excluding ortho intramolecular Hbond substituents is 1. The summed E-state index contributed by atoms with van der Waals surface area (Å²) in [6.07, 6.45) is 7.76. The number of aromatic hydroxyl groups is 1. The van der Waals surface area contributed by atoms with Crippen LogP contribution in [0, 0.1) is 5.92 Å². The SMILES string of the molecule is O=C1CC[C@@H](N(F)c2ccc(C3CCN(C[C@H]4COC5(CCN(c6ccc([C@@H]7c8ccc(O)cc8CC[C@@H]7c7ccccc7)cc6)CC5)C4)CC3)cc2)C(=O)N1. The molecule has 5 aliphatic rings. The number of likely N-dealkylation sites (tertiary alicyclic amines) is 1. The van der Waals surface area contributed by atoms with Crippen molar-refractivity contribution in [3.63, 3.8) is 0 Å². The number of hydrogen-bond acceptors (Lipinski definition) is 7. The van der Waals surface area contributed by atoms with Crippen LogP contribution in [0.25, 0.3) is 0 Å². The topological polar surface area (TPSA) is 85.3 Å². The van der Waals surface area contributed by atoms with E-state index in [1.165, 1.54) is 33.5 Å². The van der Waals surface area contributed by atoms with Gasteiger partial charge in [-0.15, -0.1) is 0 Å². The normalized spacial score (nSPS) is 25.6. The number of benzene rings is 4. The van der Waals surface area contributed by atoms with E-state index in [1.54, 1.807) is 12.1 Å². The second kappa shape index (κ2) is 15.7. The summed E-state index contributed by atoms with van der Waals surface area (Å²) in [6, 6.07) is 32.7. The van der Waals surface area contributed by atoms with Crippen LogP contribution in [0.2, 0.25) is 0 Å². The lowest BCUT2D eigenvalue weighted by Gasteiger charge is -2.40. The van der Waals surface area contributed by atoms with E-state index < -0.39 is 11.9 Å². The summed E-state index contributed by atoms with van der Waals surface area (Å²) in [5.41, 5.74) is 8.14. The van der Waals surface area contributed by atoms with Crippen molar-refractivity contribution in [2.45, 2.75) is 87.2 Å². The zero-order valence-electron chi connectivity index (χ0n) is 32.1. The Bertz CT molecular complexity index is 2010. The van der Waals surface area contributed by atoms with Crippen molar-refractivity contribution in [2.24, 2.45) is 5.92 Å². The van der Waals surface area contributed by atoms with Gasteiger partial charge in [-0.25, -0.2) is 0 Å². The molecule has 1 aliphatic carbocycles. The second-order valence-electron chi connectivity index (χ2n) is 17.0. The van der Waals surface area contributed by atoms with Crippen LogP contribution in [-0.2, 0) is 20.7 Å². The molecule has 4 saturated heterocycles. The highest BCUT2D eigenvalue weighted by Gasteiger charge is 2.43. The molecule has 4 aliphatic heterocycles. The summed E-state index contributed by atoms with van der Waals surface area (Å²) < 4.78 is 21.7. The van der Waals surface area contributed by atoms with Gasteiger partial charge in [0.2, 0.25) is 5.91 Å². The first-order valence-electron chi connectivity index (χ1n) is 20.8. The number of amides is 2. The van der Waals surface area contributed by atoms with Crippen molar-refractivity contribution in [2.75, 3.05) is 49.4 Å². The molecule has 1 spiro atoms. The lowest BCUT2D eigenvalue weighted by atomic mass is 9.69. The van der Waals surface area contributed by atoms with E-state index in [0.717, 1.165) is 84.3 Å². The number of halogens is 1. The fourth-order valence-corrected chi connectivity index (χ4v) is 10.5. The quantitative estimate of drug-likeness (QED) is 0.139. The number of rotatable bonds is 8. The largest absolute Gasteiger partial charge is 0.508 e. The van der Waals surface area contributed by atoms with Gasteiger partial charge in [0.15, 0.2) is 0 Å². The molecule has 4 fully saturated rings. The van der Waals surface area contributed by atoms with Gasteiger partial charge in [0.1, 0.15) is 11.8 Å². The Kier molecular flexibility index (Phi) is 10.3. The minimum Gasteiger partial charge on any atom is -0.508 e. The fraction of sp³-hybridized carbons (Fsp3) is 0.447. The molecule has 0 aromatic heterocycles. The first-order valence-corrected chi connectivity index (χ1v) is 20.8. The number of imide groups is 1. The van der Waals surface area contributed by atoms with Crippen molar-refractivity contribution in [1.29, 1.82) is 0 Å². The van der Waals surface area contributed by atoms with E-state index >= 15 is 4.48 Å². The Morgan fingerprint density at radius 2 is 1.54 bits per heavy atom. The van der Waals surface area contributed by atoms with E-state index in [4.69, 9.17) is 4.74 Å². The van der Waals surface area contributed by atoms with Crippen molar-refractivity contribution in [3.8, 4) is 5.75 Å². The number of aryl methyl sites for hydroxylation is 1. The Balaban J connectivity index is 0.762. The zero-order chi connectivity index (χ0) is 38.2. The summed E-state index contributed by atoms with van der Waals surface area (Å²) in [5, 5.41) is 13.0. The van der Waals surface area contributed by atoms with Crippen LogP contribution in [0.3, 0.4) is 0 Å². The minimum atomic E-state index is -0.969. The van der Waals surface area contributed by atoms with E-state index in [1.807, 2.05) is 24.3 Å². The molecule has 4 atom stereocenters. The molecule has 56 heavy (non-hydrogen) atoms. The molecular weight excluding hydrogens is 704 g/mol. The van der Waals surface area contributed by atoms with Gasteiger partial charge >= 0.3 is 0 Å². The minimum absolute atomic E-state index is 0.0143. The molecule has 8 nitrogen and oxygen atoms in total. The first-order chi connectivity index (χ1) is 27.3. The molecule has 0 saturated carbocycles. The van der Waals surface area contributed by atoms with Gasteiger partial charge in [0.25, 0.3) is 5.91 Å². The van der Waals surface area contributed by atoms with Gasteiger partial charge in [0, 0.05) is 37.7 Å². The predicted octanol–water partition coefficient (Wildman–Crippen LogP) is 8.01. The van der Waals surface area contributed by atoms with Gasteiger partial charge in [-0.2, -0.15) is 5.12 Å². The average Bonchev–Trinajstić information content (AvgIpc) is 3.62. The Labute approximate surface area is 329 Å². The van der Waals surface area contributed by atoms with Crippen LogP contribution in [0.5, 0.6) is 5.75 Å². The molecule has 0 bridgehead atoms. The third-order valence-electron chi connectivity index (χ3n) is 13.6. The Morgan fingerprint density at radius 3 is 2.27 bits per heavy atom. The number of ether oxygens (including phenoxy) is 1. The maximum absolute atomic E-state index is 15.1.